The Balaban J connectivity index is 1.69. The Hall–Kier alpha value is -2.06. The second-order valence-electron chi connectivity index (χ2n) is 6.06. The van der Waals surface area contributed by atoms with Gasteiger partial charge in [-0.25, -0.2) is 0 Å². The van der Waals surface area contributed by atoms with Crippen molar-refractivity contribution in [2.24, 2.45) is 5.92 Å². The smallest absolute Gasteiger partial charge is 0.306 e. The molecule has 0 aromatic heterocycles. The van der Waals surface area contributed by atoms with Crippen LogP contribution in [0.5, 0.6) is 0 Å². The number of benzene rings is 1. The molecule has 0 aliphatic heterocycles. The van der Waals surface area contributed by atoms with Gasteiger partial charge in [-0.15, -0.1) is 0 Å². The fourth-order valence-electron chi connectivity index (χ4n) is 2.90. The van der Waals surface area contributed by atoms with Crippen molar-refractivity contribution in [1.82, 2.24) is 0 Å². The Morgan fingerprint density at radius 3 is 2.71 bits per heavy atom. The van der Waals surface area contributed by atoms with Crippen LogP contribution in [-0.2, 0) is 14.3 Å². The van der Waals surface area contributed by atoms with E-state index in [4.69, 9.17) is 21.6 Å². The third-order valence-corrected chi connectivity index (χ3v) is 4.53. The maximum atomic E-state index is 11.8. The number of carbonyl (C=O) groups is 2. The highest BCUT2D eigenvalue weighted by Crippen LogP contribution is 2.27. The van der Waals surface area contributed by atoms with E-state index in [9.17, 15) is 9.59 Å². The zero-order chi connectivity index (χ0) is 17.4. The SMILES string of the molecule is N#Cc1ccc(NC(=O)COC(=O)CCC2CCCCC2)cc1Cl. The van der Waals surface area contributed by atoms with Gasteiger partial charge in [-0.05, 0) is 30.5 Å². The summed E-state index contributed by atoms with van der Waals surface area (Å²) >= 11 is 5.90. The number of hydrogen-bond donors (Lipinski definition) is 1. The van der Waals surface area contributed by atoms with Crippen LogP contribution < -0.4 is 5.32 Å². The Labute approximate surface area is 146 Å². The van der Waals surface area contributed by atoms with E-state index in [1.54, 1.807) is 6.07 Å². The van der Waals surface area contributed by atoms with E-state index in [1.807, 2.05) is 6.07 Å². The molecule has 0 saturated heterocycles. The van der Waals surface area contributed by atoms with Gasteiger partial charge in [-0.3, -0.25) is 9.59 Å². The van der Waals surface area contributed by atoms with Crippen molar-refractivity contribution in [2.75, 3.05) is 11.9 Å². The van der Waals surface area contributed by atoms with E-state index in [2.05, 4.69) is 5.32 Å². The van der Waals surface area contributed by atoms with Gasteiger partial charge in [-0.1, -0.05) is 43.7 Å². The third-order valence-electron chi connectivity index (χ3n) is 4.22. The maximum Gasteiger partial charge on any atom is 0.306 e. The molecule has 0 bridgehead atoms. The maximum absolute atomic E-state index is 11.8. The molecule has 1 saturated carbocycles. The number of nitrogens with one attached hydrogen (secondary N) is 1. The van der Waals surface area contributed by atoms with Gasteiger partial charge >= 0.3 is 5.97 Å². The molecule has 0 atom stereocenters. The van der Waals surface area contributed by atoms with Crippen molar-refractivity contribution in [3.63, 3.8) is 0 Å². The lowest BCUT2D eigenvalue weighted by molar-refractivity contribution is -0.147. The molecule has 1 aromatic rings. The minimum atomic E-state index is -0.429. The van der Waals surface area contributed by atoms with E-state index in [-0.39, 0.29) is 17.6 Å². The highest BCUT2D eigenvalue weighted by Gasteiger charge is 2.16. The Bertz CT molecular complexity index is 634. The molecule has 2 rings (SSSR count). The quantitative estimate of drug-likeness (QED) is 0.786. The van der Waals surface area contributed by atoms with Gasteiger partial charge in [0.2, 0.25) is 0 Å². The summed E-state index contributed by atoms with van der Waals surface area (Å²) in [6.45, 7) is -0.318. The minimum Gasteiger partial charge on any atom is -0.456 e. The lowest BCUT2D eigenvalue weighted by Gasteiger charge is -2.20. The molecular formula is C18H21ClN2O3. The van der Waals surface area contributed by atoms with Crippen LogP contribution in [0.2, 0.25) is 5.02 Å². The molecule has 1 aromatic carbocycles. The van der Waals surface area contributed by atoms with Gasteiger partial charge in [0, 0.05) is 12.1 Å². The number of nitriles is 1. The Morgan fingerprint density at radius 1 is 1.29 bits per heavy atom. The van der Waals surface area contributed by atoms with E-state index in [0.29, 0.717) is 23.6 Å². The second-order valence-corrected chi connectivity index (χ2v) is 6.47. The molecule has 5 nitrogen and oxygen atoms in total. The molecule has 128 valence electrons. The van der Waals surface area contributed by atoms with Gasteiger partial charge < -0.3 is 10.1 Å². The minimum absolute atomic E-state index is 0.264. The van der Waals surface area contributed by atoms with Crippen molar-refractivity contribution in [2.45, 2.75) is 44.9 Å². The highest BCUT2D eigenvalue weighted by molar-refractivity contribution is 6.32. The number of rotatable bonds is 6. The van der Waals surface area contributed by atoms with Crippen molar-refractivity contribution < 1.29 is 14.3 Å². The number of esters is 1. The summed E-state index contributed by atoms with van der Waals surface area (Å²) in [5.41, 5.74) is 0.797. The fraction of sp³-hybridized carbons (Fsp3) is 0.500. The summed E-state index contributed by atoms with van der Waals surface area (Å²) in [6.07, 6.45) is 7.36. The lowest BCUT2D eigenvalue weighted by Crippen LogP contribution is -2.21. The predicted molar refractivity (Wildman–Crippen MR) is 91.6 cm³/mol. The summed E-state index contributed by atoms with van der Waals surface area (Å²) in [5.74, 6) is -0.156. The normalized spacial score (nSPS) is 14.7. The number of hydrogen-bond acceptors (Lipinski definition) is 4. The molecule has 0 radical (unpaired) electrons. The molecule has 1 amide bonds. The molecule has 1 N–H and O–H groups in total. The highest BCUT2D eigenvalue weighted by atomic mass is 35.5. The van der Waals surface area contributed by atoms with Crippen LogP contribution in [0.3, 0.4) is 0 Å². The molecular weight excluding hydrogens is 328 g/mol. The molecule has 0 heterocycles. The predicted octanol–water partition coefficient (Wildman–Crippen LogP) is 4.05. The van der Waals surface area contributed by atoms with Gasteiger partial charge in [0.15, 0.2) is 6.61 Å². The standard InChI is InChI=1S/C18H21ClN2O3/c19-16-10-15(8-7-14(16)11-20)21-17(22)12-24-18(23)9-6-13-4-2-1-3-5-13/h7-8,10,13H,1-6,9,12H2,(H,21,22). The first-order valence-corrected chi connectivity index (χ1v) is 8.61. The largest absolute Gasteiger partial charge is 0.456 e. The number of halogens is 1. The first-order chi connectivity index (χ1) is 11.6. The van der Waals surface area contributed by atoms with E-state index >= 15 is 0 Å². The van der Waals surface area contributed by atoms with Crippen molar-refractivity contribution in [3.05, 3.63) is 28.8 Å². The van der Waals surface area contributed by atoms with Crippen molar-refractivity contribution in [3.8, 4) is 6.07 Å². The van der Waals surface area contributed by atoms with Crippen LogP contribution in [0.15, 0.2) is 18.2 Å². The van der Waals surface area contributed by atoms with Gasteiger partial charge in [0.1, 0.15) is 6.07 Å². The summed E-state index contributed by atoms with van der Waals surface area (Å²) in [6, 6.07) is 6.53. The Kier molecular flexibility index (Phi) is 7.07. The Morgan fingerprint density at radius 2 is 2.04 bits per heavy atom. The average molecular weight is 349 g/mol. The van der Waals surface area contributed by atoms with Crippen LogP contribution in [-0.4, -0.2) is 18.5 Å². The summed E-state index contributed by atoms with van der Waals surface area (Å²) in [5, 5.41) is 11.7. The first-order valence-electron chi connectivity index (χ1n) is 8.23. The number of amides is 1. The number of anilines is 1. The molecule has 1 aliphatic rings. The van der Waals surface area contributed by atoms with E-state index in [0.717, 1.165) is 6.42 Å². The summed E-state index contributed by atoms with van der Waals surface area (Å²) in [4.78, 5) is 23.5. The van der Waals surface area contributed by atoms with Gasteiger partial charge in [-0.2, -0.15) is 5.26 Å². The third kappa shape index (κ3) is 5.86. The molecule has 1 aliphatic carbocycles. The van der Waals surface area contributed by atoms with Crippen molar-refractivity contribution >= 4 is 29.2 Å². The van der Waals surface area contributed by atoms with Crippen LogP contribution in [0, 0.1) is 17.2 Å². The van der Waals surface area contributed by atoms with Crippen LogP contribution in [0.25, 0.3) is 0 Å². The topological polar surface area (TPSA) is 79.2 Å². The average Bonchev–Trinajstić information content (AvgIpc) is 2.59. The molecule has 6 heteroatoms. The zero-order valence-corrected chi connectivity index (χ0v) is 14.3. The monoisotopic (exact) mass is 348 g/mol. The number of ether oxygens (including phenoxy) is 1. The summed E-state index contributed by atoms with van der Waals surface area (Å²) < 4.78 is 5.01. The fourth-order valence-corrected chi connectivity index (χ4v) is 3.12. The van der Waals surface area contributed by atoms with Gasteiger partial charge in [0.05, 0.1) is 10.6 Å². The molecule has 0 unspecified atom stereocenters. The molecule has 1 fully saturated rings. The second kappa shape index (κ2) is 9.29. The zero-order valence-electron chi connectivity index (χ0n) is 13.5. The van der Waals surface area contributed by atoms with Crippen molar-refractivity contribution in [1.29, 1.82) is 5.26 Å². The molecule has 24 heavy (non-hydrogen) atoms. The van der Waals surface area contributed by atoms with E-state index in [1.165, 1.54) is 44.2 Å². The van der Waals surface area contributed by atoms with E-state index < -0.39 is 5.91 Å². The van der Waals surface area contributed by atoms with Crippen LogP contribution >= 0.6 is 11.6 Å². The summed E-state index contributed by atoms with van der Waals surface area (Å²) in [7, 11) is 0. The number of carbonyl (C=O) groups excluding carboxylic acids is 2. The van der Waals surface area contributed by atoms with Crippen LogP contribution in [0.4, 0.5) is 5.69 Å². The number of nitrogens with zero attached hydrogens (tertiary/aromatic N) is 1. The van der Waals surface area contributed by atoms with Crippen LogP contribution in [0.1, 0.15) is 50.5 Å². The van der Waals surface area contributed by atoms with Gasteiger partial charge in [0.25, 0.3) is 5.91 Å². The first kappa shape index (κ1) is 18.3. The lowest BCUT2D eigenvalue weighted by atomic mass is 9.86. The molecule has 0 spiro atoms.